The van der Waals surface area contributed by atoms with E-state index in [0.717, 1.165) is 12.1 Å². The van der Waals surface area contributed by atoms with Crippen LogP contribution in [0.25, 0.3) is 16.7 Å². The first-order valence-corrected chi connectivity index (χ1v) is 14.7. The minimum Gasteiger partial charge on any atom is -0.481 e. The third kappa shape index (κ3) is 6.45. The van der Waals surface area contributed by atoms with Crippen molar-refractivity contribution in [2.75, 3.05) is 26.1 Å². The molecule has 0 saturated heterocycles. The maximum atomic E-state index is 14.8. The van der Waals surface area contributed by atoms with Gasteiger partial charge >= 0.3 is 5.97 Å². The molecule has 230 valence electrons. The lowest BCUT2D eigenvalue weighted by Crippen LogP contribution is -2.38. The minimum atomic E-state index is -0.898. The Labute approximate surface area is 259 Å². The van der Waals surface area contributed by atoms with Crippen molar-refractivity contribution in [3.63, 3.8) is 0 Å². The largest absolute Gasteiger partial charge is 0.481 e. The zero-order chi connectivity index (χ0) is 31.5. The van der Waals surface area contributed by atoms with Gasteiger partial charge in [0.25, 0.3) is 0 Å². The second-order valence-electron chi connectivity index (χ2n) is 11.0. The van der Waals surface area contributed by atoms with E-state index >= 15 is 0 Å². The molecule has 3 heterocycles. The zero-order valence-electron chi connectivity index (χ0n) is 24.6. The zero-order valence-corrected chi connectivity index (χ0v) is 25.3. The van der Waals surface area contributed by atoms with Crippen LogP contribution in [0.4, 0.5) is 14.5 Å². The van der Waals surface area contributed by atoms with E-state index in [1.807, 2.05) is 19.1 Å². The predicted molar refractivity (Wildman–Crippen MR) is 162 cm³/mol. The molecule has 2 aliphatic heterocycles. The number of pyridine rings is 1. The molecule has 3 aromatic rings. The molecule has 0 saturated carbocycles. The van der Waals surface area contributed by atoms with E-state index in [1.54, 1.807) is 23.1 Å². The number of ether oxygens (including phenoxy) is 2. The average Bonchev–Trinajstić information content (AvgIpc) is 3.01. The molecule has 0 aliphatic carbocycles. The Morgan fingerprint density at radius 1 is 1.11 bits per heavy atom. The molecule has 2 aromatic carbocycles. The van der Waals surface area contributed by atoms with Crippen molar-refractivity contribution in [1.29, 1.82) is 0 Å². The van der Waals surface area contributed by atoms with E-state index in [4.69, 9.17) is 26.1 Å². The van der Waals surface area contributed by atoms with Crippen LogP contribution in [-0.2, 0) is 25.5 Å². The second kappa shape index (κ2) is 13.1. The lowest BCUT2D eigenvalue weighted by atomic mass is 9.92. The number of aromatic nitrogens is 1. The van der Waals surface area contributed by atoms with Gasteiger partial charge in [0.05, 0.1) is 43.0 Å². The highest BCUT2D eigenvalue weighted by Gasteiger charge is 2.32. The van der Waals surface area contributed by atoms with Crippen molar-refractivity contribution in [2.45, 2.75) is 45.1 Å². The quantitative estimate of drug-likeness (QED) is 0.257. The molecule has 0 spiro atoms. The van der Waals surface area contributed by atoms with Crippen LogP contribution in [0.2, 0.25) is 5.02 Å². The first kappa shape index (κ1) is 31.1. The van der Waals surface area contributed by atoms with Gasteiger partial charge in [-0.1, -0.05) is 37.1 Å². The number of carbonyl (C=O) groups is 3. The molecule has 2 bridgehead atoms. The number of amides is 2. The van der Waals surface area contributed by atoms with Gasteiger partial charge in [-0.3, -0.25) is 14.4 Å². The first-order valence-electron chi connectivity index (χ1n) is 14.3. The van der Waals surface area contributed by atoms with Crippen LogP contribution < -0.4 is 10.1 Å². The summed E-state index contributed by atoms with van der Waals surface area (Å²) in [6, 6.07) is 10.7. The number of carbonyl (C=O) groups excluding carboxylic acids is 3. The van der Waals surface area contributed by atoms with Gasteiger partial charge in [-0.2, -0.15) is 0 Å². The third-order valence-electron chi connectivity index (χ3n) is 8.11. The first-order chi connectivity index (χ1) is 21.1. The molecule has 2 amide bonds. The molecule has 0 unspecified atom stereocenters. The lowest BCUT2D eigenvalue weighted by Gasteiger charge is -2.35. The molecular weight excluding hydrogens is 592 g/mol. The fraction of sp³-hybridized carbons (Fsp3) is 0.333. The molecule has 0 radical (unpaired) electrons. The van der Waals surface area contributed by atoms with E-state index in [9.17, 15) is 23.2 Å². The van der Waals surface area contributed by atoms with Crippen LogP contribution >= 0.6 is 11.6 Å². The van der Waals surface area contributed by atoms with E-state index in [1.165, 1.54) is 20.3 Å². The number of benzene rings is 2. The van der Waals surface area contributed by atoms with Crippen molar-refractivity contribution in [2.24, 2.45) is 5.92 Å². The topological polar surface area (TPSA) is 97.8 Å². The van der Waals surface area contributed by atoms with Crippen LogP contribution in [0.15, 0.2) is 48.5 Å². The number of anilines is 1. The highest BCUT2D eigenvalue weighted by molar-refractivity contribution is 6.31. The maximum Gasteiger partial charge on any atom is 0.309 e. The summed E-state index contributed by atoms with van der Waals surface area (Å²) in [5.41, 5.74) is 3.07. The number of hydrogen-bond donors (Lipinski definition) is 1. The van der Waals surface area contributed by atoms with Gasteiger partial charge in [-0.15, -0.1) is 0 Å². The van der Waals surface area contributed by atoms with Gasteiger partial charge in [0, 0.05) is 35.9 Å². The Kier molecular flexibility index (Phi) is 9.29. The summed E-state index contributed by atoms with van der Waals surface area (Å²) in [6.45, 7) is 2.03. The van der Waals surface area contributed by atoms with Gasteiger partial charge in [-0.05, 0) is 60.2 Å². The number of nitrogens with one attached hydrogen (secondary N) is 1. The summed E-state index contributed by atoms with van der Waals surface area (Å²) >= 11 is 5.91. The Morgan fingerprint density at radius 3 is 2.64 bits per heavy atom. The van der Waals surface area contributed by atoms with Crippen molar-refractivity contribution in [3.05, 3.63) is 82.0 Å². The normalized spacial score (nSPS) is 18.8. The average molecular weight is 624 g/mol. The predicted octanol–water partition coefficient (Wildman–Crippen LogP) is 6.52. The van der Waals surface area contributed by atoms with Crippen LogP contribution in [0.3, 0.4) is 0 Å². The molecule has 11 heteroatoms. The second-order valence-corrected chi connectivity index (χ2v) is 11.4. The Balaban J connectivity index is 1.58. The molecule has 0 fully saturated rings. The number of rotatable bonds is 5. The summed E-state index contributed by atoms with van der Waals surface area (Å²) < 4.78 is 39.8. The lowest BCUT2D eigenvalue weighted by molar-refractivity contribution is -0.139. The van der Waals surface area contributed by atoms with E-state index < -0.39 is 29.6 Å². The van der Waals surface area contributed by atoms with Gasteiger partial charge in [0.2, 0.25) is 17.7 Å². The number of nitrogens with zero attached hydrogens (tertiary/aromatic N) is 2. The summed E-state index contributed by atoms with van der Waals surface area (Å²) in [5.74, 6) is -2.70. The Morgan fingerprint density at radius 2 is 1.91 bits per heavy atom. The number of halogens is 3. The van der Waals surface area contributed by atoms with Gasteiger partial charge in [0.15, 0.2) is 5.82 Å². The molecule has 44 heavy (non-hydrogen) atoms. The molecule has 1 aromatic heterocycles. The molecular formula is C33H32ClF2N3O5. The minimum absolute atomic E-state index is 0.0394. The van der Waals surface area contributed by atoms with Crippen molar-refractivity contribution in [3.8, 4) is 17.0 Å². The molecule has 1 N–H and O–H groups in total. The third-order valence-corrected chi connectivity index (χ3v) is 8.40. The summed E-state index contributed by atoms with van der Waals surface area (Å²) in [7, 11) is 2.81. The molecule has 2 aliphatic rings. The Hall–Kier alpha value is -4.31. The van der Waals surface area contributed by atoms with Crippen molar-refractivity contribution in [1.82, 2.24) is 9.88 Å². The number of methoxy groups -OCH3 is 2. The summed E-state index contributed by atoms with van der Waals surface area (Å²) in [5, 5.41) is 2.80. The van der Waals surface area contributed by atoms with E-state index in [0.29, 0.717) is 53.2 Å². The highest BCUT2D eigenvalue weighted by atomic mass is 35.5. The van der Waals surface area contributed by atoms with Gasteiger partial charge in [-0.25, -0.2) is 13.8 Å². The number of hydrogen-bond acceptors (Lipinski definition) is 6. The van der Waals surface area contributed by atoms with Crippen molar-refractivity contribution < 1.29 is 32.6 Å². The SMILES string of the molecule is COC(=O)Cc1ccc2c(c1)NC(=O)[C@H](C)CCC[C@H](N1CCC(c3c(F)ccc(Cl)c3F)=CC1=O)c1cc-2cc(OC)n1. The van der Waals surface area contributed by atoms with Crippen LogP contribution in [0, 0.1) is 17.6 Å². The van der Waals surface area contributed by atoms with Crippen LogP contribution in [0.5, 0.6) is 5.88 Å². The van der Waals surface area contributed by atoms with Gasteiger partial charge in [0.1, 0.15) is 5.82 Å². The highest BCUT2D eigenvalue weighted by Crippen LogP contribution is 2.39. The Bertz CT molecular complexity index is 1660. The van der Waals surface area contributed by atoms with E-state index in [2.05, 4.69) is 5.32 Å². The maximum absolute atomic E-state index is 14.8. The molecule has 8 nitrogen and oxygen atoms in total. The van der Waals surface area contributed by atoms with Gasteiger partial charge < -0.3 is 19.7 Å². The molecule has 5 rings (SSSR count). The van der Waals surface area contributed by atoms with Crippen molar-refractivity contribution >= 4 is 40.6 Å². The number of esters is 1. The summed E-state index contributed by atoms with van der Waals surface area (Å²) in [6.07, 6.45) is 3.14. The number of fused-ring (bicyclic) bond motifs is 4. The fourth-order valence-electron chi connectivity index (χ4n) is 5.70. The van der Waals surface area contributed by atoms with E-state index in [-0.39, 0.29) is 47.4 Å². The molecule has 2 atom stereocenters. The van der Waals surface area contributed by atoms with Crippen LogP contribution in [0.1, 0.15) is 55.5 Å². The standard InChI is InChI=1S/C33H32ClF2N3O5/c1-18-5-4-6-27(39-12-11-20(17-29(39)40)31-24(35)10-9-23(34)32(31)36)26-15-21(16-28(37-26)43-2)22-8-7-19(14-30(41)44-3)13-25(22)38-33(18)42/h7-10,13,15-18,27H,4-6,11-12,14H2,1-3H3,(H,38,42)/t18-,27+/m1/s1. The smallest absolute Gasteiger partial charge is 0.309 e. The fourth-order valence-corrected chi connectivity index (χ4v) is 5.86. The van der Waals surface area contributed by atoms with Crippen LogP contribution in [-0.4, -0.2) is 48.4 Å². The monoisotopic (exact) mass is 623 g/mol. The summed E-state index contributed by atoms with van der Waals surface area (Å²) in [4.78, 5) is 45.1.